The predicted octanol–water partition coefficient (Wildman–Crippen LogP) is 4.36. The van der Waals surface area contributed by atoms with Gasteiger partial charge in [0.1, 0.15) is 11.3 Å². The number of nitrogens with zero attached hydrogens (tertiary/aromatic N) is 5. The number of carbonyl (C=O) groups is 1. The molecule has 2 fully saturated rings. The molecule has 2 aromatic heterocycles. The fourth-order valence-electron chi connectivity index (χ4n) is 5.21. The van der Waals surface area contributed by atoms with Crippen molar-refractivity contribution in [2.24, 2.45) is 0 Å². The molecule has 0 unspecified atom stereocenters. The van der Waals surface area contributed by atoms with Gasteiger partial charge in [0.25, 0.3) is 0 Å². The Morgan fingerprint density at radius 2 is 1.76 bits per heavy atom. The molecule has 5 rings (SSSR count). The summed E-state index contributed by atoms with van der Waals surface area (Å²) in [6, 6.07) is 12.7. The Kier molecular flexibility index (Phi) is 7.30. The molecule has 0 amide bonds. The number of likely N-dealkylation sites (tertiary alicyclic amines) is 1. The van der Waals surface area contributed by atoms with Crippen LogP contribution in [0.15, 0.2) is 48.7 Å². The summed E-state index contributed by atoms with van der Waals surface area (Å²) >= 11 is 0. The molecule has 0 radical (unpaired) electrons. The standard InChI is InChI=1S/C27H30F3N5O2/c1-19(36)37-24-4-2-3-20-5-7-22(32-26(20)24)18-33-11-9-23(10-12-33)34-13-15-35(16-14-34)25-8-6-21(17-31-25)27(28,29)30/h2-8,17,23H,9-16,18H2,1H3. The molecule has 2 aliphatic heterocycles. The number of piperazine rings is 1. The molecule has 7 nitrogen and oxygen atoms in total. The lowest BCUT2D eigenvalue weighted by Gasteiger charge is -2.43. The van der Waals surface area contributed by atoms with E-state index in [0.717, 1.165) is 82.0 Å². The minimum absolute atomic E-state index is 0.363. The van der Waals surface area contributed by atoms with Gasteiger partial charge in [0.2, 0.25) is 0 Å². The molecule has 196 valence electrons. The zero-order valence-corrected chi connectivity index (χ0v) is 20.7. The van der Waals surface area contributed by atoms with Crippen LogP contribution in [0.3, 0.4) is 0 Å². The number of esters is 1. The van der Waals surface area contributed by atoms with Crippen molar-refractivity contribution in [3.8, 4) is 5.75 Å². The molecule has 3 aromatic rings. The highest BCUT2D eigenvalue weighted by atomic mass is 19.4. The monoisotopic (exact) mass is 513 g/mol. The molecule has 4 heterocycles. The van der Waals surface area contributed by atoms with Crippen molar-refractivity contribution < 1.29 is 22.7 Å². The summed E-state index contributed by atoms with van der Waals surface area (Å²) in [6.07, 6.45) is -1.33. The number of aromatic nitrogens is 2. The summed E-state index contributed by atoms with van der Waals surface area (Å²) in [7, 11) is 0. The second-order valence-corrected chi connectivity index (χ2v) is 9.66. The van der Waals surface area contributed by atoms with E-state index >= 15 is 0 Å². The van der Waals surface area contributed by atoms with Crippen molar-refractivity contribution in [1.82, 2.24) is 19.8 Å². The van der Waals surface area contributed by atoms with Gasteiger partial charge < -0.3 is 9.64 Å². The molecular weight excluding hydrogens is 483 g/mol. The van der Waals surface area contributed by atoms with E-state index in [1.807, 2.05) is 24.3 Å². The van der Waals surface area contributed by atoms with Gasteiger partial charge >= 0.3 is 12.1 Å². The van der Waals surface area contributed by atoms with E-state index < -0.39 is 11.7 Å². The number of rotatable bonds is 5. The maximum absolute atomic E-state index is 12.8. The molecule has 1 aromatic carbocycles. The van der Waals surface area contributed by atoms with Crippen LogP contribution >= 0.6 is 0 Å². The van der Waals surface area contributed by atoms with E-state index in [0.29, 0.717) is 23.1 Å². The molecular formula is C27H30F3N5O2. The van der Waals surface area contributed by atoms with Gasteiger partial charge in [-0.05, 0) is 37.1 Å². The number of halogens is 3. The molecule has 0 N–H and O–H groups in total. The number of hydrogen-bond donors (Lipinski definition) is 0. The second-order valence-electron chi connectivity index (χ2n) is 9.66. The number of anilines is 1. The van der Waals surface area contributed by atoms with Crippen LogP contribution in [0.2, 0.25) is 0 Å². The topological polar surface area (TPSA) is 61.8 Å². The van der Waals surface area contributed by atoms with Gasteiger partial charge in [-0.15, -0.1) is 0 Å². The maximum atomic E-state index is 12.8. The third kappa shape index (κ3) is 6.02. The first-order chi connectivity index (χ1) is 17.8. The van der Waals surface area contributed by atoms with E-state index in [2.05, 4.69) is 19.7 Å². The third-order valence-corrected chi connectivity index (χ3v) is 7.17. The summed E-state index contributed by atoms with van der Waals surface area (Å²) < 4.78 is 43.7. The van der Waals surface area contributed by atoms with Crippen molar-refractivity contribution in [3.05, 3.63) is 59.9 Å². The molecule has 0 spiro atoms. The van der Waals surface area contributed by atoms with E-state index in [1.54, 1.807) is 6.07 Å². The Hall–Kier alpha value is -3.24. The maximum Gasteiger partial charge on any atom is 0.417 e. The average Bonchev–Trinajstić information content (AvgIpc) is 2.89. The highest BCUT2D eigenvalue weighted by Crippen LogP contribution is 2.30. The highest BCUT2D eigenvalue weighted by molar-refractivity contribution is 5.86. The van der Waals surface area contributed by atoms with Crippen LogP contribution in [0, 0.1) is 0 Å². The number of benzene rings is 1. The SMILES string of the molecule is CC(=O)Oc1cccc2ccc(CN3CCC(N4CCN(c5ccc(C(F)(F)F)cn5)CC4)CC3)nc12. The molecule has 37 heavy (non-hydrogen) atoms. The number of alkyl halides is 3. The van der Waals surface area contributed by atoms with Crippen molar-refractivity contribution >= 4 is 22.7 Å². The number of pyridine rings is 2. The van der Waals surface area contributed by atoms with E-state index in [9.17, 15) is 18.0 Å². The minimum atomic E-state index is -4.36. The van der Waals surface area contributed by atoms with Crippen LogP contribution in [0.5, 0.6) is 5.75 Å². The number of ether oxygens (including phenoxy) is 1. The smallest absolute Gasteiger partial charge is 0.417 e. The summed E-state index contributed by atoms with van der Waals surface area (Å²) in [5.41, 5.74) is 0.930. The lowest BCUT2D eigenvalue weighted by molar-refractivity contribution is -0.137. The van der Waals surface area contributed by atoms with Crippen LogP contribution in [0.25, 0.3) is 10.9 Å². The van der Waals surface area contributed by atoms with Crippen molar-refractivity contribution in [1.29, 1.82) is 0 Å². The summed E-state index contributed by atoms with van der Waals surface area (Å²) in [5, 5.41) is 0.937. The van der Waals surface area contributed by atoms with Gasteiger partial charge in [-0.1, -0.05) is 18.2 Å². The lowest BCUT2D eigenvalue weighted by atomic mass is 10.0. The fourth-order valence-corrected chi connectivity index (χ4v) is 5.21. The highest BCUT2D eigenvalue weighted by Gasteiger charge is 2.32. The van der Waals surface area contributed by atoms with Crippen molar-refractivity contribution in [2.75, 3.05) is 44.2 Å². The molecule has 0 atom stereocenters. The predicted molar refractivity (Wildman–Crippen MR) is 134 cm³/mol. The van der Waals surface area contributed by atoms with Gasteiger partial charge in [-0.25, -0.2) is 9.97 Å². The van der Waals surface area contributed by atoms with E-state index in [1.165, 1.54) is 13.0 Å². The van der Waals surface area contributed by atoms with E-state index in [-0.39, 0.29) is 5.97 Å². The fraction of sp³-hybridized carbons (Fsp3) is 0.444. The number of piperidine rings is 1. The molecule has 0 bridgehead atoms. The Balaban J connectivity index is 1.12. The van der Waals surface area contributed by atoms with Gasteiger partial charge in [0.15, 0.2) is 5.75 Å². The molecule has 2 aliphatic rings. The zero-order valence-electron chi connectivity index (χ0n) is 20.7. The lowest BCUT2D eigenvalue weighted by Crippen LogP contribution is -2.53. The van der Waals surface area contributed by atoms with Crippen molar-refractivity contribution in [2.45, 2.75) is 38.5 Å². The quantitative estimate of drug-likeness (QED) is 0.371. The first-order valence-corrected chi connectivity index (χ1v) is 12.6. The number of carbonyl (C=O) groups excluding carboxylic acids is 1. The first kappa shape index (κ1) is 25.4. The van der Waals surface area contributed by atoms with Gasteiger partial charge in [-0.3, -0.25) is 14.6 Å². The van der Waals surface area contributed by atoms with Gasteiger partial charge in [0, 0.05) is 70.4 Å². The normalized spacial score (nSPS) is 18.3. The van der Waals surface area contributed by atoms with Gasteiger partial charge in [-0.2, -0.15) is 13.2 Å². The third-order valence-electron chi connectivity index (χ3n) is 7.17. The molecule has 10 heteroatoms. The minimum Gasteiger partial charge on any atom is -0.424 e. The van der Waals surface area contributed by atoms with Crippen LogP contribution in [0.1, 0.15) is 31.0 Å². The Labute approximate surface area is 213 Å². The summed E-state index contributed by atoms with van der Waals surface area (Å²) in [5.74, 6) is 0.719. The van der Waals surface area contributed by atoms with E-state index in [4.69, 9.17) is 9.72 Å². The van der Waals surface area contributed by atoms with Crippen LogP contribution in [0.4, 0.5) is 19.0 Å². The zero-order chi connectivity index (χ0) is 26.0. The molecule has 2 saturated heterocycles. The van der Waals surface area contributed by atoms with Crippen LogP contribution in [-0.2, 0) is 17.5 Å². The first-order valence-electron chi connectivity index (χ1n) is 12.6. The van der Waals surface area contributed by atoms with Crippen LogP contribution < -0.4 is 9.64 Å². The molecule has 0 saturated carbocycles. The average molecular weight is 514 g/mol. The van der Waals surface area contributed by atoms with Crippen LogP contribution in [-0.4, -0.2) is 71.0 Å². The Morgan fingerprint density at radius 1 is 1.00 bits per heavy atom. The van der Waals surface area contributed by atoms with Gasteiger partial charge in [0.05, 0.1) is 11.3 Å². The number of hydrogen-bond acceptors (Lipinski definition) is 7. The second kappa shape index (κ2) is 10.6. The largest absolute Gasteiger partial charge is 0.424 e. The Bertz CT molecular complexity index is 1240. The molecule has 0 aliphatic carbocycles. The number of para-hydroxylation sites is 1. The van der Waals surface area contributed by atoms with Crippen molar-refractivity contribution in [3.63, 3.8) is 0 Å². The summed E-state index contributed by atoms with van der Waals surface area (Å²) in [4.78, 5) is 27.2. The Morgan fingerprint density at radius 3 is 2.41 bits per heavy atom. The number of fused-ring (bicyclic) bond motifs is 1. The summed E-state index contributed by atoms with van der Waals surface area (Å²) in [6.45, 7) is 7.32.